The molecule has 1 rings (SSSR count). The summed E-state index contributed by atoms with van der Waals surface area (Å²) >= 11 is 0. The van der Waals surface area contributed by atoms with Crippen molar-refractivity contribution in [2.24, 2.45) is 0 Å². The summed E-state index contributed by atoms with van der Waals surface area (Å²) in [6.07, 6.45) is 0. The average molecular weight is 234 g/mol. The van der Waals surface area contributed by atoms with E-state index in [9.17, 15) is 13.6 Å². The second kappa shape index (κ2) is 5.62. The molecule has 1 N–H and O–H groups in total. The van der Waals surface area contributed by atoms with Crippen LogP contribution in [0.25, 0.3) is 0 Å². The Hall–Kier alpha value is -2.40. The third kappa shape index (κ3) is 3.58. The Morgan fingerprint density at radius 3 is 2.53 bits per heavy atom. The number of benzene rings is 1. The molecule has 0 atom stereocenters. The lowest BCUT2D eigenvalue weighted by Gasteiger charge is -1.97. The van der Waals surface area contributed by atoms with Crippen LogP contribution in [0.4, 0.5) is 8.78 Å². The Labute approximate surface area is 97.1 Å². The molecule has 1 aromatic carbocycles. The van der Waals surface area contributed by atoms with E-state index in [2.05, 4.69) is 17.2 Å². The molecule has 17 heavy (non-hydrogen) atoms. The minimum atomic E-state index is -0.822. The van der Waals surface area contributed by atoms with Gasteiger partial charge in [-0.05, 0) is 12.1 Å². The summed E-state index contributed by atoms with van der Waals surface area (Å²) in [5, 5.41) is 10.9. The molecule has 1 amide bonds. The van der Waals surface area contributed by atoms with Gasteiger partial charge in [-0.1, -0.05) is 11.8 Å². The van der Waals surface area contributed by atoms with Gasteiger partial charge in [-0.15, -0.1) is 0 Å². The fourth-order valence-corrected chi connectivity index (χ4v) is 1.04. The lowest BCUT2D eigenvalue weighted by Crippen LogP contribution is -2.19. The molecule has 0 aliphatic carbocycles. The maximum Gasteiger partial charge on any atom is 0.217 e. The molecule has 0 fully saturated rings. The molecule has 0 bridgehead atoms. The molecule has 0 aliphatic heterocycles. The van der Waals surface area contributed by atoms with Crippen molar-refractivity contribution in [3.05, 3.63) is 34.9 Å². The number of nitrogens with zero attached hydrogens (tertiary/aromatic N) is 1. The fraction of sp³-hybridized carbons (Fsp3) is 0.167. The van der Waals surface area contributed by atoms with E-state index >= 15 is 0 Å². The maximum atomic E-state index is 13.3. The van der Waals surface area contributed by atoms with Gasteiger partial charge in [0.2, 0.25) is 5.91 Å². The monoisotopic (exact) mass is 234 g/mol. The van der Waals surface area contributed by atoms with Gasteiger partial charge in [0.1, 0.15) is 17.7 Å². The Morgan fingerprint density at radius 1 is 1.35 bits per heavy atom. The summed E-state index contributed by atoms with van der Waals surface area (Å²) in [5.74, 6) is 2.99. The number of carbonyl (C=O) groups is 1. The van der Waals surface area contributed by atoms with E-state index in [1.54, 1.807) is 0 Å². The van der Waals surface area contributed by atoms with Crippen LogP contribution in [0.15, 0.2) is 12.1 Å². The highest BCUT2D eigenvalue weighted by Gasteiger charge is 2.07. The van der Waals surface area contributed by atoms with E-state index in [-0.39, 0.29) is 23.6 Å². The highest BCUT2D eigenvalue weighted by atomic mass is 19.1. The number of rotatable bonds is 1. The molecule has 0 spiro atoms. The first-order chi connectivity index (χ1) is 8.04. The van der Waals surface area contributed by atoms with Crippen molar-refractivity contribution in [1.29, 1.82) is 5.26 Å². The number of carbonyl (C=O) groups excluding carboxylic acids is 1. The zero-order chi connectivity index (χ0) is 12.8. The van der Waals surface area contributed by atoms with E-state index < -0.39 is 11.6 Å². The third-order valence-corrected chi connectivity index (χ3v) is 1.83. The molecular weight excluding hydrogens is 226 g/mol. The predicted molar refractivity (Wildman–Crippen MR) is 56.6 cm³/mol. The van der Waals surface area contributed by atoms with Crippen molar-refractivity contribution in [3.8, 4) is 17.9 Å². The molecule has 0 unspecified atom stereocenters. The van der Waals surface area contributed by atoms with Gasteiger partial charge in [-0.3, -0.25) is 4.79 Å². The van der Waals surface area contributed by atoms with Crippen LogP contribution < -0.4 is 5.32 Å². The van der Waals surface area contributed by atoms with Gasteiger partial charge in [0.15, 0.2) is 0 Å². The average Bonchev–Trinajstić information content (AvgIpc) is 2.28. The number of nitrogens with one attached hydrogen (secondary N) is 1. The van der Waals surface area contributed by atoms with Crippen molar-refractivity contribution in [2.75, 3.05) is 6.54 Å². The Kier molecular flexibility index (Phi) is 4.19. The van der Waals surface area contributed by atoms with Gasteiger partial charge in [0.25, 0.3) is 0 Å². The van der Waals surface area contributed by atoms with Gasteiger partial charge in [-0.25, -0.2) is 8.78 Å². The van der Waals surface area contributed by atoms with Crippen LogP contribution in [-0.2, 0) is 4.79 Å². The van der Waals surface area contributed by atoms with E-state index in [4.69, 9.17) is 5.26 Å². The van der Waals surface area contributed by atoms with Crippen LogP contribution in [0.1, 0.15) is 18.1 Å². The first-order valence-electron chi connectivity index (χ1n) is 4.67. The van der Waals surface area contributed by atoms with Crippen LogP contribution >= 0.6 is 0 Å². The smallest absolute Gasteiger partial charge is 0.217 e. The zero-order valence-electron chi connectivity index (χ0n) is 8.97. The van der Waals surface area contributed by atoms with E-state index in [0.29, 0.717) is 0 Å². The quantitative estimate of drug-likeness (QED) is 0.745. The normalized spacial score (nSPS) is 8.82. The first kappa shape index (κ1) is 12.7. The standard InChI is InChI=1S/C12H8F2N2O/c1-8(17)16-4-2-3-9-5-12(14)10(7-15)6-11(9)13/h5-6H,4H2,1H3,(H,16,17). The maximum absolute atomic E-state index is 13.3. The number of hydrogen-bond donors (Lipinski definition) is 1. The molecule has 3 nitrogen and oxygen atoms in total. The van der Waals surface area contributed by atoms with Crippen molar-refractivity contribution in [1.82, 2.24) is 5.32 Å². The molecule has 1 aromatic rings. The van der Waals surface area contributed by atoms with Crippen LogP contribution in [0.2, 0.25) is 0 Å². The molecule has 0 aromatic heterocycles. The predicted octanol–water partition coefficient (Wildman–Crippen LogP) is 1.32. The summed E-state index contributed by atoms with van der Waals surface area (Å²) in [4.78, 5) is 10.5. The van der Waals surface area contributed by atoms with E-state index in [1.165, 1.54) is 13.0 Å². The topological polar surface area (TPSA) is 52.9 Å². The lowest BCUT2D eigenvalue weighted by molar-refractivity contribution is -0.118. The Morgan fingerprint density at radius 2 is 1.94 bits per heavy atom. The Bertz CT molecular complexity index is 550. The summed E-state index contributed by atoms with van der Waals surface area (Å²) in [7, 11) is 0. The highest BCUT2D eigenvalue weighted by molar-refractivity contribution is 5.73. The van der Waals surface area contributed by atoms with Crippen LogP contribution in [0, 0.1) is 34.8 Å². The van der Waals surface area contributed by atoms with Crippen LogP contribution in [0.5, 0.6) is 0 Å². The third-order valence-electron chi connectivity index (χ3n) is 1.83. The Balaban J connectivity index is 2.89. The largest absolute Gasteiger partial charge is 0.345 e. The number of amides is 1. The van der Waals surface area contributed by atoms with Crippen molar-refractivity contribution < 1.29 is 13.6 Å². The lowest BCUT2D eigenvalue weighted by atomic mass is 10.1. The SMILES string of the molecule is CC(=O)NCC#Cc1cc(F)c(C#N)cc1F. The molecular formula is C12H8F2N2O. The van der Waals surface area contributed by atoms with Crippen molar-refractivity contribution >= 4 is 5.91 Å². The van der Waals surface area contributed by atoms with Gasteiger partial charge < -0.3 is 5.32 Å². The van der Waals surface area contributed by atoms with Crippen LogP contribution in [0.3, 0.4) is 0 Å². The molecule has 86 valence electrons. The van der Waals surface area contributed by atoms with Gasteiger partial charge >= 0.3 is 0 Å². The number of hydrogen-bond acceptors (Lipinski definition) is 2. The fourth-order valence-electron chi connectivity index (χ4n) is 1.04. The molecule has 0 saturated carbocycles. The summed E-state index contributed by atoms with van der Waals surface area (Å²) in [6.45, 7) is 1.38. The highest BCUT2D eigenvalue weighted by Crippen LogP contribution is 2.13. The molecule has 0 radical (unpaired) electrons. The van der Waals surface area contributed by atoms with Gasteiger partial charge in [-0.2, -0.15) is 5.26 Å². The van der Waals surface area contributed by atoms with E-state index in [1.807, 2.05) is 0 Å². The minimum absolute atomic E-state index is 0.0520. The minimum Gasteiger partial charge on any atom is -0.345 e. The van der Waals surface area contributed by atoms with Crippen molar-refractivity contribution in [2.45, 2.75) is 6.92 Å². The molecule has 5 heteroatoms. The molecule has 0 aliphatic rings. The number of nitriles is 1. The van der Waals surface area contributed by atoms with Crippen molar-refractivity contribution in [3.63, 3.8) is 0 Å². The molecule has 0 saturated heterocycles. The van der Waals surface area contributed by atoms with Crippen LogP contribution in [-0.4, -0.2) is 12.5 Å². The second-order valence-electron chi connectivity index (χ2n) is 3.14. The van der Waals surface area contributed by atoms with E-state index in [0.717, 1.165) is 12.1 Å². The number of halogens is 2. The van der Waals surface area contributed by atoms with Gasteiger partial charge in [0, 0.05) is 6.92 Å². The summed E-state index contributed by atoms with van der Waals surface area (Å²) in [5.41, 5.74) is -0.512. The molecule has 0 heterocycles. The summed E-state index contributed by atoms with van der Waals surface area (Å²) < 4.78 is 26.4. The van der Waals surface area contributed by atoms with Gasteiger partial charge in [0.05, 0.1) is 17.7 Å². The first-order valence-corrected chi connectivity index (χ1v) is 4.67. The zero-order valence-corrected chi connectivity index (χ0v) is 8.97. The summed E-state index contributed by atoms with van der Waals surface area (Å²) in [6, 6.07) is 3.17. The second-order valence-corrected chi connectivity index (χ2v) is 3.14.